The highest BCUT2D eigenvalue weighted by molar-refractivity contribution is 6.30. The molecule has 1 amide bonds. The van der Waals surface area contributed by atoms with Crippen LogP contribution in [0.3, 0.4) is 0 Å². The van der Waals surface area contributed by atoms with Crippen LogP contribution in [-0.4, -0.2) is 38.7 Å². The van der Waals surface area contributed by atoms with Crippen molar-refractivity contribution >= 4 is 34.4 Å². The number of amides is 1. The minimum absolute atomic E-state index is 0.000113. The molecule has 0 radical (unpaired) electrons. The van der Waals surface area contributed by atoms with Crippen LogP contribution >= 0.6 is 11.6 Å². The fourth-order valence-corrected chi connectivity index (χ4v) is 4.45. The summed E-state index contributed by atoms with van der Waals surface area (Å²) in [7, 11) is 0. The van der Waals surface area contributed by atoms with Gasteiger partial charge in [-0.15, -0.1) is 5.10 Å². The van der Waals surface area contributed by atoms with Crippen LogP contribution in [0.15, 0.2) is 55.0 Å². The Kier molecular flexibility index (Phi) is 6.15. The molecule has 0 unspecified atom stereocenters. The summed E-state index contributed by atoms with van der Waals surface area (Å²) >= 11 is 5.83. The fraction of sp³-hybridized carbons (Fsp3) is 0.280. The first-order valence-corrected chi connectivity index (χ1v) is 11.6. The number of anilines is 1. The zero-order chi connectivity index (χ0) is 23.7. The Labute approximate surface area is 201 Å². The average Bonchev–Trinajstić information content (AvgIpc) is 3.29. The number of nitrogens with zero attached hydrogens (tertiary/aromatic N) is 5. The third-order valence-corrected chi connectivity index (χ3v) is 6.50. The van der Waals surface area contributed by atoms with E-state index < -0.39 is 5.82 Å². The van der Waals surface area contributed by atoms with E-state index in [0.29, 0.717) is 38.1 Å². The Morgan fingerprint density at radius 3 is 2.65 bits per heavy atom. The van der Waals surface area contributed by atoms with E-state index in [1.54, 1.807) is 6.07 Å². The van der Waals surface area contributed by atoms with Crippen molar-refractivity contribution in [1.82, 2.24) is 25.1 Å². The zero-order valence-corrected chi connectivity index (χ0v) is 19.5. The molecule has 34 heavy (non-hydrogen) atoms. The number of hydrogen-bond acceptors (Lipinski definition) is 5. The van der Waals surface area contributed by atoms with Gasteiger partial charge in [0, 0.05) is 31.7 Å². The Bertz CT molecular complexity index is 1330. The number of aryl methyl sites for hydroxylation is 1. The maximum Gasteiger partial charge on any atom is 0.223 e. The molecule has 1 N–H and O–H groups in total. The standard InChI is InChI=1S/C25H24ClFN6O/c1-16-2-5-19(6-3-16)33-14-20-23(31-33)29-15-30-24(20)32-10-8-18(9-11-32)25(34)28-13-17-4-7-22(27)21(26)12-17/h2-7,12,14-15,18H,8-11,13H2,1H3,(H,28,34). The van der Waals surface area contributed by atoms with Gasteiger partial charge in [-0.2, -0.15) is 0 Å². The van der Waals surface area contributed by atoms with E-state index >= 15 is 0 Å². The third-order valence-electron chi connectivity index (χ3n) is 6.21. The van der Waals surface area contributed by atoms with Gasteiger partial charge in [-0.3, -0.25) is 4.79 Å². The Morgan fingerprint density at radius 1 is 1.15 bits per heavy atom. The number of rotatable bonds is 5. The number of carbonyl (C=O) groups is 1. The topological polar surface area (TPSA) is 75.9 Å². The van der Waals surface area contributed by atoms with Crippen molar-refractivity contribution in [1.29, 1.82) is 0 Å². The van der Waals surface area contributed by atoms with E-state index in [1.807, 2.05) is 23.0 Å². The Balaban J connectivity index is 1.24. The van der Waals surface area contributed by atoms with Gasteiger partial charge >= 0.3 is 0 Å². The van der Waals surface area contributed by atoms with Crippen LogP contribution in [0.2, 0.25) is 5.02 Å². The molecule has 7 nitrogen and oxygen atoms in total. The van der Waals surface area contributed by atoms with Crippen LogP contribution in [0.4, 0.5) is 10.2 Å². The van der Waals surface area contributed by atoms with Crippen LogP contribution in [0.5, 0.6) is 0 Å². The molecule has 174 valence electrons. The number of piperidine rings is 1. The van der Waals surface area contributed by atoms with Gasteiger partial charge < -0.3 is 10.2 Å². The number of nitrogens with one attached hydrogen (secondary N) is 1. The van der Waals surface area contributed by atoms with Crippen molar-refractivity contribution in [3.63, 3.8) is 0 Å². The van der Waals surface area contributed by atoms with Gasteiger partial charge in [-0.1, -0.05) is 35.4 Å². The molecule has 0 atom stereocenters. The van der Waals surface area contributed by atoms with Gasteiger partial charge in [-0.05, 0) is 49.6 Å². The molecule has 1 fully saturated rings. The maximum atomic E-state index is 13.3. The summed E-state index contributed by atoms with van der Waals surface area (Å²) in [5, 5.41) is 8.51. The molecular formula is C25H24ClFN6O. The summed E-state index contributed by atoms with van der Waals surface area (Å²) in [5.74, 6) is 0.287. The molecule has 0 spiro atoms. The predicted octanol–water partition coefficient (Wildman–Crippen LogP) is 4.45. The number of benzene rings is 2. The lowest BCUT2D eigenvalue weighted by Gasteiger charge is -2.32. The summed E-state index contributed by atoms with van der Waals surface area (Å²) in [6.45, 7) is 3.80. The van der Waals surface area contributed by atoms with Crippen LogP contribution in [0.1, 0.15) is 24.0 Å². The second-order valence-corrected chi connectivity index (χ2v) is 8.98. The first-order valence-electron chi connectivity index (χ1n) is 11.2. The van der Waals surface area contributed by atoms with Crippen molar-refractivity contribution in [2.24, 2.45) is 5.92 Å². The SMILES string of the molecule is Cc1ccc(-n2cc3c(N4CCC(C(=O)NCc5ccc(F)c(Cl)c5)CC4)ncnc3n2)cc1. The fourth-order valence-electron chi connectivity index (χ4n) is 4.24. The Hall–Kier alpha value is -3.52. The zero-order valence-electron chi connectivity index (χ0n) is 18.7. The molecule has 1 aliphatic rings. The number of aromatic nitrogens is 4. The highest BCUT2D eigenvalue weighted by Crippen LogP contribution is 2.28. The van der Waals surface area contributed by atoms with Crippen LogP contribution in [0, 0.1) is 18.7 Å². The lowest BCUT2D eigenvalue weighted by atomic mass is 9.95. The minimum atomic E-state index is -0.465. The van der Waals surface area contributed by atoms with Gasteiger partial charge in [0.05, 0.1) is 16.1 Å². The van der Waals surface area contributed by atoms with Gasteiger partial charge in [-0.25, -0.2) is 19.0 Å². The van der Waals surface area contributed by atoms with Gasteiger partial charge in [0.2, 0.25) is 5.91 Å². The summed E-state index contributed by atoms with van der Waals surface area (Å²) in [6, 6.07) is 12.6. The molecular weight excluding hydrogens is 455 g/mol. The van der Waals surface area contributed by atoms with Crippen molar-refractivity contribution in [3.8, 4) is 5.69 Å². The number of hydrogen-bond donors (Lipinski definition) is 1. The van der Waals surface area contributed by atoms with Gasteiger partial charge in [0.15, 0.2) is 5.65 Å². The van der Waals surface area contributed by atoms with E-state index in [0.717, 1.165) is 22.5 Å². The Morgan fingerprint density at radius 2 is 1.91 bits per heavy atom. The summed E-state index contributed by atoms with van der Waals surface area (Å²) in [4.78, 5) is 23.7. The van der Waals surface area contributed by atoms with Crippen LogP contribution < -0.4 is 10.2 Å². The van der Waals surface area contributed by atoms with Crippen molar-refractivity contribution in [2.45, 2.75) is 26.3 Å². The van der Waals surface area contributed by atoms with E-state index in [2.05, 4.69) is 44.3 Å². The molecule has 4 aromatic rings. The van der Waals surface area contributed by atoms with E-state index in [1.165, 1.54) is 24.0 Å². The van der Waals surface area contributed by atoms with Crippen molar-refractivity contribution in [2.75, 3.05) is 18.0 Å². The molecule has 9 heteroatoms. The van der Waals surface area contributed by atoms with Crippen LogP contribution in [-0.2, 0) is 11.3 Å². The molecule has 2 aromatic heterocycles. The second kappa shape index (κ2) is 9.38. The first-order chi connectivity index (χ1) is 16.5. The molecule has 5 rings (SSSR count). The average molecular weight is 479 g/mol. The largest absolute Gasteiger partial charge is 0.356 e. The summed E-state index contributed by atoms with van der Waals surface area (Å²) in [6.07, 6.45) is 4.93. The molecule has 1 aliphatic heterocycles. The van der Waals surface area contributed by atoms with E-state index in [4.69, 9.17) is 11.6 Å². The highest BCUT2D eigenvalue weighted by atomic mass is 35.5. The number of halogens is 2. The van der Waals surface area contributed by atoms with Gasteiger partial charge in [0.25, 0.3) is 0 Å². The monoisotopic (exact) mass is 478 g/mol. The smallest absolute Gasteiger partial charge is 0.223 e. The lowest BCUT2D eigenvalue weighted by Crippen LogP contribution is -2.40. The predicted molar refractivity (Wildman–Crippen MR) is 130 cm³/mol. The quantitative estimate of drug-likeness (QED) is 0.458. The molecule has 0 saturated carbocycles. The number of fused-ring (bicyclic) bond motifs is 1. The normalized spacial score (nSPS) is 14.5. The van der Waals surface area contributed by atoms with E-state index in [9.17, 15) is 9.18 Å². The third kappa shape index (κ3) is 4.59. The lowest BCUT2D eigenvalue weighted by molar-refractivity contribution is -0.125. The number of carbonyl (C=O) groups excluding carboxylic acids is 1. The van der Waals surface area contributed by atoms with Gasteiger partial charge in [0.1, 0.15) is 18.0 Å². The molecule has 3 heterocycles. The van der Waals surface area contributed by atoms with Crippen molar-refractivity contribution < 1.29 is 9.18 Å². The molecule has 1 saturated heterocycles. The highest BCUT2D eigenvalue weighted by Gasteiger charge is 2.27. The minimum Gasteiger partial charge on any atom is -0.356 e. The van der Waals surface area contributed by atoms with E-state index in [-0.39, 0.29) is 16.8 Å². The van der Waals surface area contributed by atoms with Crippen LogP contribution in [0.25, 0.3) is 16.7 Å². The van der Waals surface area contributed by atoms with Crippen molar-refractivity contribution in [3.05, 3.63) is 77.0 Å². The summed E-state index contributed by atoms with van der Waals surface area (Å²) < 4.78 is 15.2. The maximum absolute atomic E-state index is 13.3. The second-order valence-electron chi connectivity index (χ2n) is 8.57. The molecule has 0 aliphatic carbocycles. The molecule has 2 aromatic carbocycles. The molecule has 0 bridgehead atoms. The summed E-state index contributed by atoms with van der Waals surface area (Å²) in [5.41, 5.74) is 3.57. The first kappa shape index (κ1) is 22.3.